The molecule has 1 aromatic carbocycles. The molecule has 2 N–H and O–H groups in total. The van der Waals surface area contributed by atoms with E-state index < -0.39 is 0 Å². The Labute approximate surface area is 91.4 Å². The van der Waals surface area contributed by atoms with Crippen LogP contribution in [-0.4, -0.2) is 19.8 Å². The minimum absolute atomic E-state index is 0.720. The Morgan fingerprint density at radius 2 is 2.20 bits per heavy atom. The van der Waals surface area contributed by atoms with Crippen molar-refractivity contribution in [3.05, 3.63) is 35.4 Å². The Hall–Kier alpha value is -0.860. The van der Waals surface area contributed by atoms with Crippen LogP contribution in [0.3, 0.4) is 0 Å². The summed E-state index contributed by atoms with van der Waals surface area (Å²) in [5, 5.41) is 0. The quantitative estimate of drug-likeness (QED) is 0.813. The molecule has 2 rings (SSSR count). The van der Waals surface area contributed by atoms with E-state index in [2.05, 4.69) is 24.3 Å². The van der Waals surface area contributed by atoms with Gasteiger partial charge in [-0.2, -0.15) is 0 Å². The van der Waals surface area contributed by atoms with Crippen molar-refractivity contribution in [3.63, 3.8) is 0 Å². The summed E-state index contributed by atoms with van der Waals surface area (Å²) in [6.45, 7) is 2.60. The van der Waals surface area contributed by atoms with E-state index in [1.165, 1.54) is 17.5 Å². The van der Waals surface area contributed by atoms with Crippen LogP contribution in [0.15, 0.2) is 24.3 Å². The summed E-state index contributed by atoms with van der Waals surface area (Å²) in [6, 6.07) is 8.78. The molecule has 1 aliphatic heterocycles. The summed E-state index contributed by atoms with van der Waals surface area (Å²) in [5.74, 6) is 0.720. The molecule has 0 saturated carbocycles. The standard InChI is InChI=1S/C13H19NO/c14-6-4-11-2-1-3-12(8-11)9-13-5-7-15-10-13/h1-3,8,13H,4-7,9-10,14H2. The average molecular weight is 205 g/mol. The zero-order valence-corrected chi connectivity index (χ0v) is 9.11. The molecule has 1 unspecified atom stereocenters. The minimum Gasteiger partial charge on any atom is -0.381 e. The molecule has 0 amide bonds. The number of ether oxygens (including phenoxy) is 1. The molecule has 2 heteroatoms. The van der Waals surface area contributed by atoms with Crippen LogP contribution in [0, 0.1) is 5.92 Å². The van der Waals surface area contributed by atoms with Crippen LogP contribution >= 0.6 is 0 Å². The molecule has 15 heavy (non-hydrogen) atoms. The summed E-state index contributed by atoms with van der Waals surface area (Å²) in [5.41, 5.74) is 8.34. The molecule has 0 aliphatic carbocycles. The highest BCUT2D eigenvalue weighted by atomic mass is 16.5. The van der Waals surface area contributed by atoms with E-state index >= 15 is 0 Å². The van der Waals surface area contributed by atoms with Crippen molar-refractivity contribution >= 4 is 0 Å². The molecule has 1 saturated heterocycles. The van der Waals surface area contributed by atoms with Crippen molar-refractivity contribution in [2.75, 3.05) is 19.8 Å². The van der Waals surface area contributed by atoms with E-state index in [-0.39, 0.29) is 0 Å². The molecule has 0 aromatic heterocycles. The summed E-state index contributed by atoms with van der Waals surface area (Å²) < 4.78 is 5.39. The van der Waals surface area contributed by atoms with Crippen molar-refractivity contribution in [1.82, 2.24) is 0 Å². The van der Waals surface area contributed by atoms with Crippen LogP contribution in [0.4, 0.5) is 0 Å². The Kier molecular flexibility index (Phi) is 3.75. The second-order valence-electron chi connectivity index (χ2n) is 4.29. The highest BCUT2D eigenvalue weighted by molar-refractivity contribution is 5.24. The summed E-state index contributed by atoms with van der Waals surface area (Å²) in [4.78, 5) is 0. The molecular weight excluding hydrogens is 186 g/mol. The van der Waals surface area contributed by atoms with Gasteiger partial charge in [0.2, 0.25) is 0 Å². The molecule has 2 nitrogen and oxygen atoms in total. The van der Waals surface area contributed by atoms with Crippen molar-refractivity contribution in [2.45, 2.75) is 19.3 Å². The van der Waals surface area contributed by atoms with Gasteiger partial charge in [0.15, 0.2) is 0 Å². The molecule has 0 bridgehead atoms. The molecule has 0 radical (unpaired) electrons. The number of benzene rings is 1. The predicted molar refractivity (Wildman–Crippen MR) is 61.8 cm³/mol. The van der Waals surface area contributed by atoms with Crippen LogP contribution < -0.4 is 5.73 Å². The smallest absolute Gasteiger partial charge is 0.0498 e. The Balaban J connectivity index is 1.97. The number of hydrogen-bond acceptors (Lipinski definition) is 2. The average Bonchev–Trinajstić information content (AvgIpc) is 2.71. The van der Waals surface area contributed by atoms with Crippen LogP contribution in [-0.2, 0) is 17.6 Å². The van der Waals surface area contributed by atoms with Crippen molar-refractivity contribution < 1.29 is 4.74 Å². The Morgan fingerprint density at radius 3 is 2.93 bits per heavy atom. The summed E-state index contributed by atoms with van der Waals surface area (Å²) in [7, 11) is 0. The lowest BCUT2D eigenvalue weighted by atomic mass is 9.97. The topological polar surface area (TPSA) is 35.2 Å². The van der Waals surface area contributed by atoms with Gasteiger partial charge in [-0.1, -0.05) is 24.3 Å². The highest BCUT2D eigenvalue weighted by Gasteiger charge is 2.15. The minimum atomic E-state index is 0.720. The molecule has 1 aromatic rings. The van der Waals surface area contributed by atoms with Gasteiger partial charge in [0.05, 0.1) is 0 Å². The number of rotatable bonds is 4. The molecule has 1 aliphatic rings. The van der Waals surface area contributed by atoms with Gasteiger partial charge in [-0.25, -0.2) is 0 Å². The van der Waals surface area contributed by atoms with E-state index in [0.717, 1.165) is 38.5 Å². The fourth-order valence-corrected chi connectivity index (χ4v) is 2.16. The first-order chi connectivity index (χ1) is 7.38. The van der Waals surface area contributed by atoms with Gasteiger partial charge in [0.1, 0.15) is 0 Å². The van der Waals surface area contributed by atoms with Crippen molar-refractivity contribution in [2.24, 2.45) is 11.7 Å². The van der Waals surface area contributed by atoms with Crippen molar-refractivity contribution in [1.29, 1.82) is 0 Å². The van der Waals surface area contributed by atoms with Crippen molar-refractivity contribution in [3.8, 4) is 0 Å². The molecular formula is C13H19NO. The first-order valence-corrected chi connectivity index (χ1v) is 5.74. The van der Waals surface area contributed by atoms with Gasteiger partial charge in [-0.15, -0.1) is 0 Å². The van der Waals surface area contributed by atoms with Crippen LogP contribution in [0.5, 0.6) is 0 Å². The Bertz CT molecular complexity index is 305. The SMILES string of the molecule is NCCc1cccc(CC2CCOC2)c1. The van der Waals surface area contributed by atoms with E-state index in [1.807, 2.05) is 0 Å². The van der Waals surface area contributed by atoms with Crippen LogP contribution in [0.25, 0.3) is 0 Å². The third kappa shape index (κ3) is 3.05. The van der Waals surface area contributed by atoms with E-state index in [0.29, 0.717) is 0 Å². The van der Waals surface area contributed by atoms with E-state index in [9.17, 15) is 0 Å². The van der Waals surface area contributed by atoms with Gasteiger partial charge in [0.25, 0.3) is 0 Å². The predicted octanol–water partition coefficient (Wildman–Crippen LogP) is 1.77. The monoisotopic (exact) mass is 205 g/mol. The molecule has 82 valence electrons. The first-order valence-electron chi connectivity index (χ1n) is 5.74. The first kappa shape index (κ1) is 10.7. The van der Waals surface area contributed by atoms with Gasteiger partial charge < -0.3 is 10.5 Å². The van der Waals surface area contributed by atoms with Gasteiger partial charge in [0, 0.05) is 13.2 Å². The van der Waals surface area contributed by atoms with Gasteiger partial charge in [-0.05, 0) is 42.9 Å². The maximum atomic E-state index is 5.55. The zero-order valence-electron chi connectivity index (χ0n) is 9.11. The van der Waals surface area contributed by atoms with E-state index in [4.69, 9.17) is 10.5 Å². The largest absolute Gasteiger partial charge is 0.381 e. The lowest BCUT2D eigenvalue weighted by molar-refractivity contribution is 0.186. The molecule has 1 fully saturated rings. The lowest BCUT2D eigenvalue weighted by Crippen LogP contribution is -2.05. The third-order valence-corrected chi connectivity index (χ3v) is 2.97. The van der Waals surface area contributed by atoms with Gasteiger partial charge in [-0.3, -0.25) is 0 Å². The van der Waals surface area contributed by atoms with Crippen LogP contribution in [0.2, 0.25) is 0 Å². The second kappa shape index (κ2) is 5.29. The Morgan fingerprint density at radius 1 is 1.33 bits per heavy atom. The molecule has 1 heterocycles. The fourth-order valence-electron chi connectivity index (χ4n) is 2.16. The lowest BCUT2D eigenvalue weighted by Gasteiger charge is -2.08. The molecule has 1 atom stereocenters. The number of nitrogens with two attached hydrogens (primary N) is 1. The maximum absolute atomic E-state index is 5.55. The third-order valence-electron chi connectivity index (χ3n) is 2.97. The van der Waals surface area contributed by atoms with Gasteiger partial charge >= 0.3 is 0 Å². The molecule has 0 spiro atoms. The highest BCUT2D eigenvalue weighted by Crippen LogP contribution is 2.18. The zero-order chi connectivity index (χ0) is 10.5. The fraction of sp³-hybridized carbons (Fsp3) is 0.538. The maximum Gasteiger partial charge on any atom is 0.0498 e. The normalized spacial score (nSPS) is 20.7. The number of hydrogen-bond donors (Lipinski definition) is 1. The summed E-state index contributed by atoms with van der Waals surface area (Å²) in [6.07, 6.45) is 3.34. The second-order valence-corrected chi connectivity index (χ2v) is 4.29. The van der Waals surface area contributed by atoms with E-state index in [1.54, 1.807) is 0 Å². The van der Waals surface area contributed by atoms with Crippen LogP contribution in [0.1, 0.15) is 17.5 Å². The summed E-state index contributed by atoms with van der Waals surface area (Å²) >= 11 is 0.